The summed E-state index contributed by atoms with van der Waals surface area (Å²) in [4.78, 5) is 24.8. The van der Waals surface area contributed by atoms with Gasteiger partial charge in [-0.05, 0) is 32.0 Å². The van der Waals surface area contributed by atoms with Gasteiger partial charge in [0, 0.05) is 17.7 Å². The van der Waals surface area contributed by atoms with Crippen molar-refractivity contribution in [3.63, 3.8) is 0 Å². The van der Waals surface area contributed by atoms with Gasteiger partial charge < -0.3 is 24.3 Å². The Bertz CT molecular complexity index is 831. The molecule has 0 aliphatic heterocycles. The lowest BCUT2D eigenvalue weighted by Gasteiger charge is -2.15. The lowest BCUT2D eigenvalue weighted by molar-refractivity contribution is 0.0601. The van der Waals surface area contributed by atoms with E-state index >= 15 is 0 Å². The predicted molar refractivity (Wildman–Crippen MR) is 101 cm³/mol. The minimum absolute atomic E-state index is 0.0138. The van der Waals surface area contributed by atoms with Crippen molar-refractivity contribution in [3.05, 3.63) is 47.5 Å². The van der Waals surface area contributed by atoms with Gasteiger partial charge in [-0.1, -0.05) is 6.07 Å². The number of benzene rings is 2. The first-order chi connectivity index (χ1) is 12.9. The SMILES string of the molecule is COC(=O)c1cc(OC)c(OC)cc1NC(=O)c1cccc(OC(C)C)c1. The minimum atomic E-state index is -0.608. The molecule has 7 nitrogen and oxygen atoms in total. The zero-order valence-electron chi connectivity index (χ0n) is 16.0. The van der Waals surface area contributed by atoms with Crippen LogP contribution < -0.4 is 19.5 Å². The number of esters is 1. The summed E-state index contributed by atoms with van der Waals surface area (Å²) >= 11 is 0. The van der Waals surface area contributed by atoms with Gasteiger partial charge in [0.15, 0.2) is 11.5 Å². The number of carbonyl (C=O) groups excluding carboxylic acids is 2. The van der Waals surface area contributed by atoms with Crippen molar-refractivity contribution in [1.82, 2.24) is 0 Å². The van der Waals surface area contributed by atoms with E-state index in [0.717, 1.165) is 0 Å². The first-order valence-electron chi connectivity index (χ1n) is 8.32. The molecule has 0 unspecified atom stereocenters. The summed E-state index contributed by atoms with van der Waals surface area (Å²) in [5.41, 5.74) is 0.788. The van der Waals surface area contributed by atoms with Crippen LogP contribution in [0.3, 0.4) is 0 Å². The minimum Gasteiger partial charge on any atom is -0.493 e. The van der Waals surface area contributed by atoms with Gasteiger partial charge in [-0.2, -0.15) is 0 Å². The van der Waals surface area contributed by atoms with Crippen LogP contribution >= 0.6 is 0 Å². The fraction of sp³-hybridized carbons (Fsp3) is 0.300. The Kier molecular flexibility index (Phi) is 6.65. The average molecular weight is 373 g/mol. The quantitative estimate of drug-likeness (QED) is 0.748. The summed E-state index contributed by atoms with van der Waals surface area (Å²) in [6, 6.07) is 9.75. The zero-order chi connectivity index (χ0) is 20.0. The van der Waals surface area contributed by atoms with Gasteiger partial charge in [-0.25, -0.2) is 4.79 Å². The number of hydrogen-bond acceptors (Lipinski definition) is 6. The molecule has 144 valence electrons. The molecule has 0 saturated heterocycles. The third-order valence-electron chi connectivity index (χ3n) is 3.65. The number of amides is 1. The van der Waals surface area contributed by atoms with Gasteiger partial charge in [0.1, 0.15) is 5.75 Å². The highest BCUT2D eigenvalue weighted by Gasteiger charge is 2.20. The van der Waals surface area contributed by atoms with Crippen molar-refractivity contribution in [2.45, 2.75) is 20.0 Å². The number of ether oxygens (including phenoxy) is 4. The molecule has 1 amide bonds. The largest absolute Gasteiger partial charge is 0.493 e. The molecule has 0 saturated carbocycles. The molecule has 0 aliphatic carbocycles. The van der Waals surface area contributed by atoms with Crippen LogP contribution in [0.15, 0.2) is 36.4 Å². The molecule has 0 fully saturated rings. The van der Waals surface area contributed by atoms with Crippen LogP contribution in [0.5, 0.6) is 17.2 Å². The number of hydrogen-bond donors (Lipinski definition) is 1. The highest BCUT2D eigenvalue weighted by molar-refractivity contribution is 6.08. The van der Waals surface area contributed by atoms with E-state index in [9.17, 15) is 9.59 Å². The molecule has 2 aromatic carbocycles. The van der Waals surface area contributed by atoms with Gasteiger partial charge >= 0.3 is 5.97 Å². The second kappa shape index (κ2) is 8.93. The molecule has 0 bridgehead atoms. The highest BCUT2D eigenvalue weighted by atomic mass is 16.5. The van der Waals surface area contributed by atoms with Gasteiger partial charge in [0.25, 0.3) is 5.91 Å². The Balaban J connectivity index is 2.37. The van der Waals surface area contributed by atoms with Crippen LogP contribution in [0.25, 0.3) is 0 Å². The number of carbonyl (C=O) groups is 2. The van der Waals surface area contributed by atoms with Crippen LogP contribution in [0.1, 0.15) is 34.6 Å². The molecular weight excluding hydrogens is 350 g/mol. The van der Waals surface area contributed by atoms with Crippen LogP contribution in [0.2, 0.25) is 0 Å². The first-order valence-corrected chi connectivity index (χ1v) is 8.32. The van der Waals surface area contributed by atoms with Crippen LogP contribution in [-0.2, 0) is 4.74 Å². The van der Waals surface area contributed by atoms with Crippen molar-refractivity contribution in [2.75, 3.05) is 26.6 Å². The summed E-state index contributed by atoms with van der Waals surface area (Å²) in [5, 5.41) is 2.72. The number of anilines is 1. The summed E-state index contributed by atoms with van der Waals surface area (Å²) < 4.78 is 20.9. The van der Waals surface area contributed by atoms with E-state index in [0.29, 0.717) is 22.8 Å². The van der Waals surface area contributed by atoms with Gasteiger partial charge in [0.05, 0.1) is 38.7 Å². The molecular formula is C20H23NO6. The van der Waals surface area contributed by atoms with Crippen LogP contribution in [-0.4, -0.2) is 39.3 Å². The summed E-state index contributed by atoms with van der Waals surface area (Å²) in [6.07, 6.45) is -0.0138. The fourth-order valence-electron chi connectivity index (χ4n) is 2.44. The first kappa shape index (κ1) is 20.1. The topological polar surface area (TPSA) is 83.1 Å². The highest BCUT2D eigenvalue weighted by Crippen LogP contribution is 2.34. The van der Waals surface area contributed by atoms with E-state index in [-0.39, 0.29) is 17.4 Å². The fourth-order valence-corrected chi connectivity index (χ4v) is 2.44. The lowest BCUT2D eigenvalue weighted by atomic mass is 10.1. The molecule has 0 aliphatic rings. The Morgan fingerprint density at radius 2 is 1.63 bits per heavy atom. The van der Waals surface area contributed by atoms with E-state index in [4.69, 9.17) is 18.9 Å². The predicted octanol–water partition coefficient (Wildman–Crippen LogP) is 3.53. The van der Waals surface area contributed by atoms with Gasteiger partial charge in [-0.15, -0.1) is 0 Å². The van der Waals surface area contributed by atoms with E-state index < -0.39 is 11.9 Å². The number of methoxy groups -OCH3 is 3. The van der Waals surface area contributed by atoms with E-state index in [1.165, 1.54) is 33.5 Å². The van der Waals surface area contributed by atoms with Gasteiger partial charge in [-0.3, -0.25) is 4.79 Å². The van der Waals surface area contributed by atoms with Crippen molar-refractivity contribution in [1.29, 1.82) is 0 Å². The molecule has 27 heavy (non-hydrogen) atoms. The molecule has 0 aromatic heterocycles. The Labute approximate surface area is 158 Å². The summed E-state index contributed by atoms with van der Waals surface area (Å²) in [5.74, 6) is 0.295. The number of rotatable bonds is 7. The third-order valence-corrected chi connectivity index (χ3v) is 3.65. The maximum atomic E-state index is 12.7. The van der Waals surface area contributed by atoms with E-state index in [2.05, 4.69) is 5.32 Å². The van der Waals surface area contributed by atoms with E-state index in [1.54, 1.807) is 24.3 Å². The van der Waals surface area contributed by atoms with Crippen molar-refractivity contribution in [3.8, 4) is 17.2 Å². The number of nitrogens with one attached hydrogen (secondary N) is 1. The second-order valence-electron chi connectivity index (χ2n) is 5.89. The molecule has 0 spiro atoms. The Morgan fingerprint density at radius 3 is 2.22 bits per heavy atom. The molecule has 0 radical (unpaired) electrons. The van der Waals surface area contributed by atoms with Crippen molar-refractivity contribution >= 4 is 17.6 Å². The average Bonchev–Trinajstić information content (AvgIpc) is 2.66. The molecule has 2 rings (SSSR count). The standard InChI is InChI=1S/C20H23NO6/c1-12(2)27-14-8-6-7-13(9-14)19(22)21-16-11-18(25-4)17(24-3)10-15(16)20(23)26-5/h6-12H,1-5H3,(H,21,22). The maximum absolute atomic E-state index is 12.7. The Morgan fingerprint density at radius 1 is 0.963 bits per heavy atom. The van der Waals surface area contributed by atoms with Crippen LogP contribution in [0.4, 0.5) is 5.69 Å². The lowest BCUT2D eigenvalue weighted by Crippen LogP contribution is -2.16. The molecule has 1 N–H and O–H groups in total. The molecule has 2 aromatic rings. The summed E-state index contributed by atoms with van der Waals surface area (Å²) in [6.45, 7) is 3.80. The normalized spacial score (nSPS) is 10.3. The van der Waals surface area contributed by atoms with Crippen molar-refractivity contribution in [2.24, 2.45) is 0 Å². The molecule has 0 atom stereocenters. The van der Waals surface area contributed by atoms with Crippen LogP contribution in [0, 0.1) is 0 Å². The smallest absolute Gasteiger partial charge is 0.340 e. The summed E-state index contributed by atoms with van der Waals surface area (Å²) in [7, 11) is 4.18. The zero-order valence-corrected chi connectivity index (χ0v) is 16.0. The van der Waals surface area contributed by atoms with E-state index in [1.807, 2.05) is 13.8 Å². The molecule has 7 heteroatoms. The monoisotopic (exact) mass is 373 g/mol. The van der Waals surface area contributed by atoms with Crippen molar-refractivity contribution < 1.29 is 28.5 Å². The second-order valence-corrected chi connectivity index (χ2v) is 5.89. The molecule has 0 heterocycles. The third kappa shape index (κ3) is 4.91. The maximum Gasteiger partial charge on any atom is 0.340 e. The van der Waals surface area contributed by atoms with Gasteiger partial charge in [0.2, 0.25) is 0 Å². The Hall–Kier alpha value is -3.22.